The van der Waals surface area contributed by atoms with Gasteiger partial charge in [-0.1, -0.05) is 12.1 Å². The molecule has 4 aromatic rings. The number of hydrogen-bond donors (Lipinski definition) is 4. The molecule has 8 nitrogen and oxygen atoms in total. The SMILES string of the molecule is Cc1cc(C)cc(Nc2nc(Nc3cc(C)cc(C)c3)nc(N[C@H](C)C(=O)Nc3ccc(F)cc3)n2)c1. The van der Waals surface area contributed by atoms with Crippen molar-refractivity contribution < 1.29 is 9.18 Å². The first-order chi connectivity index (χ1) is 17.6. The van der Waals surface area contributed by atoms with Gasteiger partial charge < -0.3 is 21.3 Å². The lowest BCUT2D eigenvalue weighted by molar-refractivity contribution is -0.116. The first-order valence-corrected chi connectivity index (χ1v) is 11.9. The van der Waals surface area contributed by atoms with Gasteiger partial charge in [0.2, 0.25) is 23.8 Å². The zero-order valence-corrected chi connectivity index (χ0v) is 21.5. The molecule has 1 aromatic heterocycles. The number of aromatic nitrogens is 3. The number of amides is 1. The van der Waals surface area contributed by atoms with E-state index in [4.69, 9.17) is 0 Å². The summed E-state index contributed by atoms with van der Waals surface area (Å²) in [5, 5.41) is 12.3. The van der Waals surface area contributed by atoms with Crippen molar-refractivity contribution in [3.8, 4) is 0 Å². The number of nitrogens with one attached hydrogen (secondary N) is 4. The van der Waals surface area contributed by atoms with Crippen LogP contribution in [-0.2, 0) is 4.79 Å². The molecule has 1 amide bonds. The second-order valence-electron chi connectivity index (χ2n) is 9.17. The van der Waals surface area contributed by atoms with Crippen LogP contribution in [0.4, 0.5) is 39.3 Å². The van der Waals surface area contributed by atoms with E-state index in [1.807, 2.05) is 52.0 Å². The van der Waals surface area contributed by atoms with Crippen LogP contribution < -0.4 is 21.3 Å². The molecule has 0 saturated carbocycles. The largest absolute Gasteiger partial charge is 0.342 e. The number of halogens is 1. The van der Waals surface area contributed by atoms with Gasteiger partial charge >= 0.3 is 0 Å². The maximum absolute atomic E-state index is 13.2. The van der Waals surface area contributed by atoms with Gasteiger partial charge in [0.25, 0.3) is 0 Å². The van der Waals surface area contributed by atoms with Crippen LogP contribution in [0, 0.1) is 33.5 Å². The van der Waals surface area contributed by atoms with Gasteiger partial charge in [0, 0.05) is 17.1 Å². The van der Waals surface area contributed by atoms with Crippen molar-refractivity contribution in [3.63, 3.8) is 0 Å². The van der Waals surface area contributed by atoms with E-state index in [2.05, 4.69) is 48.4 Å². The van der Waals surface area contributed by atoms with Crippen molar-refractivity contribution in [3.05, 3.63) is 88.7 Å². The highest BCUT2D eigenvalue weighted by molar-refractivity contribution is 5.96. The molecule has 9 heteroatoms. The predicted octanol–water partition coefficient (Wildman–Crippen LogP) is 6.17. The van der Waals surface area contributed by atoms with Crippen LogP contribution in [0.15, 0.2) is 60.7 Å². The topological polar surface area (TPSA) is 104 Å². The van der Waals surface area contributed by atoms with E-state index in [-0.39, 0.29) is 17.7 Å². The number of benzene rings is 3. The zero-order valence-electron chi connectivity index (χ0n) is 21.5. The Balaban J connectivity index is 1.59. The summed E-state index contributed by atoms with van der Waals surface area (Å²) in [7, 11) is 0. The molecule has 4 N–H and O–H groups in total. The summed E-state index contributed by atoms with van der Waals surface area (Å²) in [5.74, 6) is 0.165. The lowest BCUT2D eigenvalue weighted by Crippen LogP contribution is -2.32. The van der Waals surface area contributed by atoms with Crippen molar-refractivity contribution in [2.24, 2.45) is 0 Å². The van der Waals surface area contributed by atoms with Gasteiger partial charge in [-0.3, -0.25) is 4.79 Å². The number of rotatable bonds is 8. The van der Waals surface area contributed by atoms with E-state index in [9.17, 15) is 9.18 Å². The fraction of sp³-hybridized carbons (Fsp3) is 0.214. The standard InChI is InChI=1S/C28H30FN7O/c1-16-10-17(2)13-23(12-16)32-27-34-26(30-20(5)25(37)31-22-8-6-21(29)7-9-22)35-28(36-27)33-24-14-18(3)11-19(4)15-24/h6-15,20H,1-5H3,(H,31,37)(H3,30,32,33,34,35,36)/t20-/m1/s1. The third kappa shape index (κ3) is 7.23. The average Bonchev–Trinajstić information content (AvgIpc) is 2.79. The highest BCUT2D eigenvalue weighted by Crippen LogP contribution is 2.22. The molecule has 0 radical (unpaired) electrons. The van der Waals surface area contributed by atoms with Crippen LogP contribution in [-0.4, -0.2) is 26.9 Å². The number of hydrogen-bond acceptors (Lipinski definition) is 7. The fourth-order valence-corrected chi connectivity index (χ4v) is 3.95. The summed E-state index contributed by atoms with van der Waals surface area (Å²) in [6.07, 6.45) is 0. The van der Waals surface area contributed by atoms with Gasteiger partial charge in [-0.2, -0.15) is 15.0 Å². The molecule has 190 valence electrons. The second-order valence-corrected chi connectivity index (χ2v) is 9.17. The normalized spacial score (nSPS) is 11.5. The van der Waals surface area contributed by atoms with Gasteiger partial charge in [-0.05, 0) is 105 Å². The number of anilines is 6. The van der Waals surface area contributed by atoms with E-state index in [0.29, 0.717) is 17.6 Å². The van der Waals surface area contributed by atoms with Crippen LogP contribution in [0.3, 0.4) is 0 Å². The summed E-state index contributed by atoms with van der Waals surface area (Å²) in [4.78, 5) is 26.3. The number of aryl methyl sites for hydroxylation is 4. The smallest absolute Gasteiger partial charge is 0.246 e. The molecule has 1 atom stereocenters. The van der Waals surface area contributed by atoms with E-state index in [1.165, 1.54) is 24.3 Å². The Morgan fingerprint density at radius 3 is 1.57 bits per heavy atom. The molecule has 0 spiro atoms. The minimum atomic E-state index is -0.685. The highest BCUT2D eigenvalue weighted by atomic mass is 19.1. The quantitative estimate of drug-likeness (QED) is 0.230. The number of nitrogens with zero attached hydrogens (tertiary/aromatic N) is 3. The Morgan fingerprint density at radius 1 is 0.676 bits per heavy atom. The monoisotopic (exact) mass is 499 g/mol. The average molecular weight is 500 g/mol. The van der Waals surface area contributed by atoms with Gasteiger partial charge in [0.05, 0.1) is 0 Å². The molecule has 0 aliphatic heterocycles. The first kappa shape index (κ1) is 25.6. The third-order valence-corrected chi connectivity index (χ3v) is 5.44. The van der Waals surface area contributed by atoms with Crippen molar-refractivity contribution in [1.29, 1.82) is 0 Å². The molecule has 4 rings (SSSR count). The van der Waals surface area contributed by atoms with E-state index in [1.54, 1.807) is 6.92 Å². The Hall–Kier alpha value is -4.53. The maximum Gasteiger partial charge on any atom is 0.246 e. The summed E-state index contributed by atoms with van der Waals surface area (Å²) in [5.41, 5.74) is 6.60. The van der Waals surface area contributed by atoms with Crippen molar-refractivity contribution in [2.75, 3.05) is 21.3 Å². The second kappa shape index (κ2) is 11.0. The fourth-order valence-electron chi connectivity index (χ4n) is 3.95. The van der Waals surface area contributed by atoms with E-state index in [0.717, 1.165) is 33.6 Å². The Kier molecular flexibility index (Phi) is 7.62. The summed E-state index contributed by atoms with van der Waals surface area (Å²) < 4.78 is 13.2. The van der Waals surface area contributed by atoms with Crippen LogP contribution in [0.1, 0.15) is 29.2 Å². The summed E-state index contributed by atoms with van der Waals surface area (Å²) in [6.45, 7) is 9.77. The molecular weight excluding hydrogens is 469 g/mol. The minimum Gasteiger partial charge on any atom is -0.342 e. The molecule has 0 saturated heterocycles. The predicted molar refractivity (Wildman–Crippen MR) is 146 cm³/mol. The van der Waals surface area contributed by atoms with Crippen LogP contribution in [0.2, 0.25) is 0 Å². The number of carbonyl (C=O) groups is 1. The summed E-state index contributed by atoms with van der Waals surface area (Å²) in [6, 6.07) is 17.1. The van der Waals surface area contributed by atoms with Crippen LogP contribution >= 0.6 is 0 Å². The highest BCUT2D eigenvalue weighted by Gasteiger charge is 2.16. The molecule has 0 unspecified atom stereocenters. The third-order valence-electron chi connectivity index (χ3n) is 5.44. The Morgan fingerprint density at radius 2 is 1.11 bits per heavy atom. The van der Waals surface area contributed by atoms with Crippen LogP contribution in [0.25, 0.3) is 0 Å². The van der Waals surface area contributed by atoms with Gasteiger partial charge in [-0.25, -0.2) is 4.39 Å². The zero-order chi connectivity index (χ0) is 26.5. The molecule has 1 heterocycles. The summed E-state index contributed by atoms with van der Waals surface area (Å²) >= 11 is 0. The van der Waals surface area contributed by atoms with Crippen molar-refractivity contribution in [2.45, 2.75) is 40.7 Å². The Labute approximate surface area is 215 Å². The van der Waals surface area contributed by atoms with Crippen molar-refractivity contribution >= 4 is 40.8 Å². The maximum atomic E-state index is 13.2. The molecule has 3 aromatic carbocycles. The lowest BCUT2D eigenvalue weighted by atomic mass is 10.1. The lowest BCUT2D eigenvalue weighted by Gasteiger charge is -2.16. The molecule has 0 fully saturated rings. The van der Waals surface area contributed by atoms with Gasteiger partial charge in [-0.15, -0.1) is 0 Å². The van der Waals surface area contributed by atoms with Gasteiger partial charge in [0.15, 0.2) is 0 Å². The van der Waals surface area contributed by atoms with E-state index < -0.39 is 6.04 Å². The van der Waals surface area contributed by atoms with Gasteiger partial charge in [0.1, 0.15) is 11.9 Å². The minimum absolute atomic E-state index is 0.218. The number of carbonyl (C=O) groups excluding carboxylic acids is 1. The first-order valence-electron chi connectivity index (χ1n) is 11.9. The Bertz CT molecular complexity index is 1310. The van der Waals surface area contributed by atoms with E-state index >= 15 is 0 Å². The molecule has 0 aliphatic rings. The van der Waals surface area contributed by atoms with Crippen LogP contribution in [0.5, 0.6) is 0 Å². The van der Waals surface area contributed by atoms with Crippen molar-refractivity contribution in [1.82, 2.24) is 15.0 Å². The molecule has 37 heavy (non-hydrogen) atoms. The molecule has 0 bridgehead atoms. The molecule has 0 aliphatic carbocycles. The molecular formula is C28H30FN7O.